The Morgan fingerprint density at radius 1 is 0.544 bits per heavy atom. The van der Waals surface area contributed by atoms with Crippen molar-refractivity contribution in [2.45, 2.75) is 198 Å². The summed E-state index contributed by atoms with van der Waals surface area (Å²) in [6.45, 7) is 2.91. The van der Waals surface area contributed by atoms with Crippen molar-refractivity contribution < 1.29 is 82.0 Å². The summed E-state index contributed by atoms with van der Waals surface area (Å²) in [5, 5.41) is 51.4. The molecule has 0 heterocycles. The van der Waals surface area contributed by atoms with Gasteiger partial charge < -0.3 is 49.7 Å². The van der Waals surface area contributed by atoms with Crippen molar-refractivity contribution in [2.24, 2.45) is 0 Å². The minimum Gasteiger partial charge on any atom is -0.462 e. The van der Waals surface area contributed by atoms with Crippen LogP contribution in [-0.4, -0.2) is 114 Å². The van der Waals surface area contributed by atoms with Crippen LogP contribution in [0.4, 0.5) is 0 Å². The number of ether oxygens (including phenoxy) is 2. The van der Waals surface area contributed by atoms with Gasteiger partial charge >= 0.3 is 27.6 Å². The van der Waals surface area contributed by atoms with E-state index >= 15 is 0 Å². The summed E-state index contributed by atoms with van der Waals surface area (Å²) in [5.74, 6) is -1.35. The minimum atomic E-state index is -5.39. The fourth-order valence-electron chi connectivity index (χ4n) is 6.69. The molecule has 0 aliphatic heterocycles. The Balaban J connectivity index is 2.67. The lowest BCUT2D eigenvalue weighted by molar-refractivity contribution is -0.216. The number of allylic oxidation sites excluding steroid dienone is 12. The van der Waals surface area contributed by atoms with Crippen LogP contribution >= 0.6 is 15.6 Å². The van der Waals surface area contributed by atoms with E-state index in [-0.39, 0.29) is 12.8 Å². The second-order valence-electron chi connectivity index (χ2n) is 16.7. The summed E-state index contributed by atoms with van der Waals surface area (Å²) in [5.41, 5.74) is 0. The van der Waals surface area contributed by atoms with Crippen molar-refractivity contribution in [2.75, 3.05) is 13.2 Å². The molecule has 68 heavy (non-hydrogen) atoms. The second-order valence-corrected chi connectivity index (χ2v) is 19.3. The van der Waals surface area contributed by atoms with E-state index in [0.29, 0.717) is 32.1 Å². The van der Waals surface area contributed by atoms with Crippen LogP contribution in [0.15, 0.2) is 85.1 Å². The smallest absolute Gasteiger partial charge is 0.462 e. The van der Waals surface area contributed by atoms with Crippen LogP contribution in [0.5, 0.6) is 0 Å². The zero-order valence-electron chi connectivity index (χ0n) is 40.1. The number of phosphoric ester groups is 2. The molecule has 0 radical (unpaired) electrons. The lowest BCUT2D eigenvalue weighted by Crippen LogP contribution is -2.64. The van der Waals surface area contributed by atoms with Gasteiger partial charge in [-0.15, -0.1) is 0 Å². The molecule has 9 atom stereocenters. The molecule has 0 aromatic rings. The monoisotopic (exact) mass is 1000 g/mol. The molecule has 5 unspecified atom stereocenters. The van der Waals surface area contributed by atoms with Gasteiger partial charge in [-0.2, -0.15) is 0 Å². The van der Waals surface area contributed by atoms with Gasteiger partial charge in [-0.25, -0.2) is 9.13 Å². The fourth-order valence-corrected chi connectivity index (χ4v) is 8.23. The molecular weight excluding hydrogens is 922 g/mol. The molecule has 0 spiro atoms. The van der Waals surface area contributed by atoms with Crippen LogP contribution < -0.4 is 0 Å². The summed E-state index contributed by atoms with van der Waals surface area (Å²) in [6, 6.07) is 0. The lowest BCUT2D eigenvalue weighted by Gasteiger charge is -2.43. The van der Waals surface area contributed by atoms with Gasteiger partial charge in [0.05, 0.1) is 12.7 Å². The van der Waals surface area contributed by atoms with Crippen LogP contribution in [-0.2, 0) is 41.8 Å². The summed E-state index contributed by atoms with van der Waals surface area (Å²) < 4.78 is 49.3. The van der Waals surface area contributed by atoms with Gasteiger partial charge in [0, 0.05) is 12.8 Å². The van der Waals surface area contributed by atoms with Crippen molar-refractivity contribution >= 4 is 27.6 Å². The first-order valence-corrected chi connectivity index (χ1v) is 27.3. The van der Waals surface area contributed by atoms with Crippen LogP contribution in [0.3, 0.4) is 0 Å². The molecule has 17 nitrogen and oxygen atoms in total. The lowest BCUT2D eigenvalue weighted by atomic mass is 9.85. The number of hydrogen-bond acceptors (Lipinski definition) is 14. The van der Waals surface area contributed by atoms with Crippen LogP contribution in [0, 0.1) is 0 Å². The number of esters is 2. The Kier molecular flexibility index (Phi) is 36.1. The highest BCUT2D eigenvalue weighted by atomic mass is 31.2. The van der Waals surface area contributed by atoms with Crippen molar-refractivity contribution in [3.63, 3.8) is 0 Å². The number of carbonyl (C=O) groups excluding carboxylic acids is 2. The third kappa shape index (κ3) is 32.9. The zero-order valence-corrected chi connectivity index (χ0v) is 41.9. The first-order valence-electron chi connectivity index (χ1n) is 24.2. The van der Waals surface area contributed by atoms with Crippen LogP contribution in [0.2, 0.25) is 0 Å². The predicted molar refractivity (Wildman–Crippen MR) is 261 cm³/mol. The molecule has 1 aliphatic rings. The normalized spacial score (nSPS) is 22.4. The number of rotatable bonds is 39. The van der Waals surface area contributed by atoms with Gasteiger partial charge in [0.15, 0.2) is 6.10 Å². The van der Waals surface area contributed by atoms with Gasteiger partial charge in [0.25, 0.3) is 0 Å². The third-order valence-corrected chi connectivity index (χ3v) is 12.0. The molecule has 0 amide bonds. The van der Waals surface area contributed by atoms with Crippen LogP contribution in [0.25, 0.3) is 0 Å². The number of hydrogen-bond donors (Lipinski definition) is 8. The highest BCUT2D eigenvalue weighted by Gasteiger charge is 2.54. The Morgan fingerprint density at radius 3 is 1.63 bits per heavy atom. The van der Waals surface area contributed by atoms with E-state index in [9.17, 15) is 58.9 Å². The van der Waals surface area contributed by atoms with Crippen molar-refractivity contribution in [3.8, 4) is 0 Å². The van der Waals surface area contributed by atoms with E-state index in [4.69, 9.17) is 18.5 Å². The average Bonchev–Trinajstić information content (AvgIpc) is 3.29. The molecule has 1 aliphatic carbocycles. The highest BCUT2D eigenvalue weighted by molar-refractivity contribution is 7.47. The van der Waals surface area contributed by atoms with Gasteiger partial charge in [-0.05, 0) is 83.5 Å². The average molecular weight is 1010 g/mol. The SMILES string of the molecule is CCCCC/C=C\C=C/[C@H](O)C/C=C\C/C=C/CCCC(=O)O[C@H](COC(=O)CCCCCC/C=C\C/C=C\C/C=C\CCCCC)COP(=O)(O)O[C@H]1C(O)C(O)C(O)[C@@H](OP(=O)(O)O)C1O. The number of phosphoric acid groups is 2. The molecule has 0 saturated heterocycles. The minimum absolute atomic E-state index is 0.0658. The standard InChI is InChI=1S/C49H82O17P2/c1-3-5-7-9-11-12-13-14-15-16-17-18-19-20-24-28-32-36-42(51)62-38-41(39-63-68(60,61)66-49-46(55)44(53)45(54)48(47(49)56)65-67(57,58)59)64-43(52)37-33-29-25-21-23-27-31-35-40(50)34-30-26-22-10-8-6-4-2/h11-12,14-15,17-18,21-22,25-27,30-31,34,40-41,44-50,53-56H,3-10,13,16,19-20,23-24,28-29,32-33,35-39H2,1-2H3,(H,60,61)(H2,57,58,59)/b12-11-,15-14-,18-17-,25-21+,26-22-,31-27-,34-30-/t40-,41+,44?,45?,46?,47?,48+,49-/m0/s1. The molecule has 1 saturated carbocycles. The molecule has 1 rings (SSSR count). The molecule has 0 aromatic heterocycles. The highest BCUT2D eigenvalue weighted by Crippen LogP contribution is 2.49. The van der Waals surface area contributed by atoms with E-state index in [1.54, 1.807) is 6.08 Å². The fraction of sp³-hybridized carbons (Fsp3) is 0.673. The summed E-state index contributed by atoms with van der Waals surface area (Å²) in [4.78, 5) is 54.3. The molecule has 19 heteroatoms. The Bertz CT molecular complexity index is 1650. The molecule has 1 fully saturated rings. The number of carbonyl (C=O) groups is 2. The Morgan fingerprint density at radius 2 is 1.04 bits per heavy atom. The third-order valence-electron chi connectivity index (χ3n) is 10.5. The van der Waals surface area contributed by atoms with E-state index in [1.807, 2.05) is 36.5 Å². The van der Waals surface area contributed by atoms with Crippen molar-refractivity contribution in [1.29, 1.82) is 0 Å². The summed E-state index contributed by atoms with van der Waals surface area (Å²) in [7, 11) is -10.7. The molecule has 0 aromatic carbocycles. The Hall–Kier alpha value is -2.86. The number of aliphatic hydroxyl groups excluding tert-OH is 5. The first kappa shape index (κ1) is 63.2. The van der Waals surface area contributed by atoms with E-state index in [1.165, 1.54) is 32.1 Å². The summed E-state index contributed by atoms with van der Waals surface area (Å²) in [6.07, 6.45) is 29.9. The largest absolute Gasteiger partial charge is 0.472 e. The maximum atomic E-state index is 13.0. The second kappa shape index (κ2) is 38.8. The first-order chi connectivity index (χ1) is 32.5. The van der Waals surface area contributed by atoms with Gasteiger partial charge in [-0.3, -0.25) is 23.2 Å². The van der Waals surface area contributed by atoms with E-state index in [2.05, 4.69) is 60.9 Å². The van der Waals surface area contributed by atoms with Gasteiger partial charge in [0.2, 0.25) is 0 Å². The molecule has 390 valence electrons. The number of unbranched alkanes of at least 4 members (excludes halogenated alkanes) is 11. The number of aliphatic hydroxyl groups is 5. The predicted octanol–water partition coefficient (Wildman–Crippen LogP) is 8.36. The topological polar surface area (TPSA) is 276 Å². The summed E-state index contributed by atoms with van der Waals surface area (Å²) >= 11 is 0. The van der Waals surface area contributed by atoms with Gasteiger partial charge in [0.1, 0.15) is 43.2 Å². The molecule has 8 N–H and O–H groups in total. The van der Waals surface area contributed by atoms with Crippen molar-refractivity contribution in [1.82, 2.24) is 0 Å². The zero-order chi connectivity index (χ0) is 50.5. The van der Waals surface area contributed by atoms with Crippen LogP contribution in [0.1, 0.15) is 149 Å². The maximum Gasteiger partial charge on any atom is 0.472 e. The quantitative estimate of drug-likeness (QED) is 0.00944. The van der Waals surface area contributed by atoms with E-state index < -0.39 is 89.6 Å². The Labute approximate surface area is 404 Å². The molecular formula is C49H82O17P2. The van der Waals surface area contributed by atoms with E-state index in [0.717, 1.165) is 57.8 Å². The maximum absolute atomic E-state index is 13.0. The van der Waals surface area contributed by atoms with Gasteiger partial charge in [-0.1, -0.05) is 137 Å². The van der Waals surface area contributed by atoms with Crippen molar-refractivity contribution in [3.05, 3.63) is 85.1 Å². The molecule has 0 bridgehead atoms.